The number of ether oxygens (including phenoxy) is 1. The quantitative estimate of drug-likeness (QED) is 0.794. The van der Waals surface area contributed by atoms with Crippen LogP contribution in [0.4, 0.5) is 4.39 Å². The van der Waals surface area contributed by atoms with Crippen molar-refractivity contribution in [2.24, 2.45) is 0 Å². The molecule has 1 amide bonds. The molecule has 2 aliphatic rings. The molecular formula is C16H21FN2O4S. The van der Waals surface area contributed by atoms with Gasteiger partial charge in [0, 0.05) is 26.6 Å². The first kappa shape index (κ1) is 17.3. The van der Waals surface area contributed by atoms with E-state index in [2.05, 4.69) is 0 Å². The summed E-state index contributed by atoms with van der Waals surface area (Å²) in [6.45, 7) is 2.80. The Bertz CT molecular complexity index is 752. The summed E-state index contributed by atoms with van der Waals surface area (Å²) < 4.78 is 45.9. The van der Waals surface area contributed by atoms with Crippen molar-refractivity contribution in [2.75, 3.05) is 26.8 Å². The van der Waals surface area contributed by atoms with Gasteiger partial charge in [0.2, 0.25) is 15.9 Å². The molecule has 6 nitrogen and oxygen atoms in total. The van der Waals surface area contributed by atoms with Gasteiger partial charge in [-0.05, 0) is 31.0 Å². The second kappa shape index (κ2) is 6.42. The predicted octanol–water partition coefficient (Wildman–Crippen LogP) is 1.14. The zero-order valence-corrected chi connectivity index (χ0v) is 14.6. The van der Waals surface area contributed by atoms with Crippen LogP contribution in [0.15, 0.2) is 23.1 Å². The van der Waals surface area contributed by atoms with Crippen molar-refractivity contribution >= 4 is 15.9 Å². The van der Waals surface area contributed by atoms with Gasteiger partial charge in [-0.15, -0.1) is 0 Å². The maximum Gasteiger partial charge on any atom is 0.243 e. The average molecular weight is 356 g/mol. The lowest BCUT2D eigenvalue weighted by Gasteiger charge is -2.25. The Kier molecular flexibility index (Phi) is 4.63. The fourth-order valence-electron chi connectivity index (χ4n) is 3.54. The molecule has 24 heavy (non-hydrogen) atoms. The number of rotatable bonds is 5. The van der Waals surface area contributed by atoms with Gasteiger partial charge in [0.25, 0.3) is 0 Å². The first-order valence-corrected chi connectivity index (χ1v) is 9.36. The van der Waals surface area contributed by atoms with Crippen molar-refractivity contribution in [3.8, 4) is 0 Å². The molecule has 0 bridgehead atoms. The summed E-state index contributed by atoms with van der Waals surface area (Å²) in [7, 11) is -2.25. The molecule has 0 radical (unpaired) electrons. The molecule has 0 saturated carbocycles. The molecule has 2 heterocycles. The van der Waals surface area contributed by atoms with E-state index in [0.29, 0.717) is 31.7 Å². The van der Waals surface area contributed by atoms with Gasteiger partial charge in [-0.2, -0.15) is 4.31 Å². The molecule has 2 saturated heterocycles. The van der Waals surface area contributed by atoms with Gasteiger partial charge >= 0.3 is 0 Å². The minimum absolute atomic E-state index is 0.0583. The number of hydrogen-bond donors (Lipinski definition) is 0. The van der Waals surface area contributed by atoms with Gasteiger partial charge in [-0.25, -0.2) is 12.8 Å². The fraction of sp³-hybridized carbons (Fsp3) is 0.562. The summed E-state index contributed by atoms with van der Waals surface area (Å²) in [5, 5.41) is 0. The fourth-order valence-corrected chi connectivity index (χ4v) is 5.22. The van der Waals surface area contributed by atoms with Crippen LogP contribution in [0.3, 0.4) is 0 Å². The second-order valence-corrected chi connectivity index (χ2v) is 8.12. The van der Waals surface area contributed by atoms with Gasteiger partial charge in [-0.1, -0.05) is 6.07 Å². The molecule has 2 unspecified atom stereocenters. The van der Waals surface area contributed by atoms with Crippen molar-refractivity contribution in [1.82, 2.24) is 9.21 Å². The Hall–Kier alpha value is -1.51. The highest BCUT2D eigenvalue weighted by atomic mass is 32.2. The van der Waals surface area contributed by atoms with E-state index in [4.69, 9.17) is 4.74 Å². The number of aryl methyl sites for hydroxylation is 1. The van der Waals surface area contributed by atoms with Crippen molar-refractivity contribution in [1.29, 1.82) is 0 Å². The third-order valence-electron chi connectivity index (χ3n) is 4.85. The predicted molar refractivity (Wildman–Crippen MR) is 85.4 cm³/mol. The topological polar surface area (TPSA) is 66.9 Å². The van der Waals surface area contributed by atoms with Crippen molar-refractivity contribution in [2.45, 2.75) is 36.7 Å². The van der Waals surface area contributed by atoms with Gasteiger partial charge in [-0.3, -0.25) is 4.79 Å². The van der Waals surface area contributed by atoms with Crippen LogP contribution in [0.2, 0.25) is 0 Å². The van der Waals surface area contributed by atoms with Crippen LogP contribution in [-0.2, 0) is 19.6 Å². The van der Waals surface area contributed by atoms with Crippen LogP contribution >= 0.6 is 0 Å². The maximum atomic E-state index is 13.8. The van der Waals surface area contributed by atoms with E-state index in [9.17, 15) is 17.6 Å². The zero-order chi connectivity index (χ0) is 17.5. The number of carbonyl (C=O) groups is 1. The van der Waals surface area contributed by atoms with E-state index >= 15 is 0 Å². The SMILES string of the molecule is COCCN1C(=O)CC2C1CCN2S(=O)(=O)c1ccc(C)c(F)c1. The lowest BCUT2D eigenvalue weighted by molar-refractivity contribution is -0.129. The molecule has 0 N–H and O–H groups in total. The molecule has 2 fully saturated rings. The summed E-state index contributed by atoms with van der Waals surface area (Å²) in [5.41, 5.74) is 0.398. The molecule has 8 heteroatoms. The van der Waals surface area contributed by atoms with E-state index in [-0.39, 0.29) is 29.3 Å². The largest absolute Gasteiger partial charge is 0.383 e. The number of likely N-dealkylation sites (tertiary alicyclic amines) is 1. The molecule has 2 atom stereocenters. The monoisotopic (exact) mass is 356 g/mol. The number of benzene rings is 1. The van der Waals surface area contributed by atoms with Crippen molar-refractivity contribution in [3.63, 3.8) is 0 Å². The first-order valence-electron chi connectivity index (χ1n) is 7.92. The van der Waals surface area contributed by atoms with Gasteiger partial charge in [0.1, 0.15) is 5.82 Å². The van der Waals surface area contributed by atoms with Crippen LogP contribution in [0.5, 0.6) is 0 Å². The molecule has 0 spiro atoms. The molecule has 3 rings (SSSR count). The Labute approximate surface area is 141 Å². The van der Waals surface area contributed by atoms with Crippen molar-refractivity contribution in [3.05, 3.63) is 29.6 Å². The first-order chi connectivity index (χ1) is 11.4. The number of nitrogens with zero attached hydrogens (tertiary/aromatic N) is 2. The van der Waals surface area contributed by atoms with Crippen LogP contribution < -0.4 is 0 Å². The van der Waals surface area contributed by atoms with E-state index in [1.807, 2.05) is 0 Å². The Morgan fingerprint density at radius 3 is 2.75 bits per heavy atom. The summed E-state index contributed by atoms with van der Waals surface area (Å²) >= 11 is 0. The average Bonchev–Trinajstić information content (AvgIpc) is 3.06. The highest BCUT2D eigenvalue weighted by molar-refractivity contribution is 7.89. The van der Waals surface area contributed by atoms with Gasteiger partial charge in [0.15, 0.2) is 0 Å². The number of fused-ring (bicyclic) bond motifs is 1. The smallest absolute Gasteiger partial charge is 0.243 e. The van der Waals surface area contributed by atoms with Crippen LogP contribution in [-0.4, -0.2) is 62.4 Å². The van der Waals surface area contributed by atoms with Crippen molar-refractivity contribution < 1.29 is 22.3 Å². The lowest BCUT2D eigenvalue weighted by Crippen LogP contribution is -2.40. The zero-order valence-electron chi connectivity index (χ0n) is 13.7. The number of methoxy groups -OCH3 is 1. The second-order valence-electron chi connectivity index (χ2n) is 6.23. The normalized spacial score (nSPS) is 24.6. The van der Waals surface area contributed by atoms with E-state index < -0.39 is 15.8 Å². The number of hydrogen-bond acceptors (Lipinski definition) is 4. The molecule has 0 aliphatic carbocycles. The van der Waals surface area contributed by atoms with Crippen LogP contribution in [0, 0.1) is 12.7 Å². The summed E-state index contributed by atoms with van der Waals surface area (Å²) in [4.78, 5) is 13.8. The summed E-state index contributed by atoms with van der Waals surface area (Å²) in [6.07, 6.45) is 0.760. The molecule has 1 aromatic carbocycles. The highest BCUT2D eigenvalue weighted by Gasteiger charge is 2.50. The molecule has 132 valence electrons. The molecule has 0 aromatic heterocycles. The minimum atomic E-state index is -3.82. The van der Waals surface area contributed by atoms with Crippen LogP contribution in [0.25, 0.3) is 0 Å². The molecular weight excluding hydrogens is 335 g/mol. The molecule has 1 aromatic rings. The lowest BCUT2D eigenvalue weighted by atomic mass is 10.1. The highest BCUT2D eigenvalue weighted by Crippen LogP contribution is 2.36. The van der Waals surface area contributed by atoms with Gasteiger partial charge < -0.3 is 9.64 Å². The standard InChI is InChI=1S/C16H21FN2O4S/c1-11-3-4-12(9-13(11)17)24(21,22)19-6-5-14-15(19)10-16(20)18(14)7-8-23-2/h3-4,9,14-15H,5-8,10H2,1-2H3. The van der Waals surface area contributed by atoms with Gasteiger partial charge in [0.05, 0.1) is 23.6 Å². The third-order valence-corrected chi connectivity index (χ3v) is 6.77. The number of amides is 1. The number of sulfonamides is 1. The number of carbonyl (C=O) groups excluding carboxylic acids is 1. The summed E-state index contributed by atoms with van der Waals surface area (Å²) in [5.74, 6) is -0.604. The summed E-state index contributed by atoms with van der Waals surface area (Å²) in [6, 6.07) is 3.42. The maximum absolute atomic E-state index is 13.8. The van der Waals surface area contributed by atoms with E-state index in [1.54, 1.807) is 18.9 Å². The van der Waals surface area contributed by atoms with E-state index in [0.717, 1.165) is 6.07 Å². The van der Waals surface area contributed by atoms with E-state index in [1.165, 1.54) is 16.4 Å². The Morgan fingerprint density at radius 2 is 2.08 bits per heavy atom. The Balaban J connectivity index is 1.85. The third kappa shape index (κ3) is 2.82. The number of halogens is 1. The Morgan fingerprint density at radius 1 is 1.33 bits per heavy atom. The van der Waals surface area contributed by atoms with Crippen LogP contribution in [0.1, 0.15) is 18.4 Å². The minimum Gasteiger partial charge on any atom is -0.383 e. The molecule has 2 aliphatic heterocycles.